The molecule has 2 heterocycles. The maximum atomic E-state index is 10.8. The third-order valence-corrected chi connectivity index (χ3v) is 1.92. The van der Waals surface area contributed by atoms with Gasteiger partial charge in [0.15, 0.2) is 0 Å². The fraction of sp³-hybridized carbons (Fsp3) is 0.833. The number of fused-ring (bicyclic) bond motifs is 2. The Bertz CT molecular complexity index is 146. The highest BCUT2D eigenvalue weighted by Gasteiger charge is 2.36. The molecule has 0 unspecified atom stereocenters. The van der Waals surface area contributed by atoms with Crippen molar-refractivity contribution in [1.82, 2.24) is 5.32 Å². The lowest BCUT2D eigenvalue weighted by Gasteiger charge is -2.14. The second-order valence-electron chi connectivity index (χ2n) is 2.59. The van der Waals surface area contributed by atoms with Crippen molar-refractivity contribution in [3.05, 3.63) is 0 Å². The van der Waals surface area contributed by atoms with Crippen LogP contribution in [0, 0.1) is 0 Å². The van der Waals surface area contributed by atoms with Gasteiger partial charge < -0.3 is 10.1 Å². The van der Waals surface area contributed by atoms with Gasteiger partial charge in [-0.25, -0.2) is 0 Å². The van der Waals surface area contributed by atoms with Gasteiger partial charge >= 0.3 is 5.97 Å². The van der Waals surface area contributed by atoms with E-state index in [-0.39, 0.29) is 18.1 Å². The zero-order valence-electron chi connectivity index (χ0n) is 5.09. The topological polar surface area (TPSA) is 38.3 Å². The van der Waals surface area contributed by atoms with E-state index >= 15 is 0 Å². The predicted molar refractivity (Wildman–Crippen MR) is 30.9 cm³/mol. The molecule has 0 spiro atoms. The van der Waals surface area contributed by atoms with E-state index in [0.29, 0.717) is 0 Å². The van der Waals surface area contributed by atoms with Crippen LogP contribution in [0.3, 0.4) is 0 Å². The van der Waals surface area contributed by atoms with E-state index in [9.17, 15) is 4.79 Å². The molecule has 0 aromatic heterocycles. The fourth-order valence-corrected chi connectivity index (χ4v) is 1.42. The highest BCUT2D eigenvalue weighted by Crippen LogP contribution is 2.20. The van der Waals surface area contributed by atoms with Gasteiger partial charge in [-0.05, 0) is 13.0 Å². The second kappa shape index (κ2) is 1.70. The summed E-state index contributed by atoms with van der Waals surface area (Å²) in [5.74, 6) is -0.0579. The Morgan fingerprint density at radius 3 is 3.22 bits per heavy atom. The first-order chi connectivity index (χ1) is 4.36. The summed E-state index contributed by atoms with van der Waals surface area (Å²) >= 11 is 0. The highest BCUT2D eigenvalue weighted by molar-refractivity contribution is 5.78. The average Bonchev–Trinajstić information content (AvgIpc) is 2.09. The molecule has 3 heteroatoms. The molecule has 2 fully saturated rings. The number of carbonyl (C=O) groups excluding carboxylic acids is 1. The summed E-state index contributed by atoms with van der Waals surface area (Å²) in [5.41, 5.74) is 0. The summed E-state index contributed by atoms with van der Waals surface area (Å²) in [6, 6.07) is 0.0174. The molecule has 2 saturated heterocycles. The molecule has 2 bridgehead atoms. The molecule has 0 aromatic carbocycles. The molecule has 0 aromatic rings. The van der Waals surface area contributed by atoms with E-state index in [1.54, 1.807) is 0 Å². The standard InChI is InChI=1S/C6H9NO2/c8-6-5-3-4(9-6)1-2-7-5/h4-5,7H,1-3H2/t4-,5+/m0/s1. The zero-order chi connectivity index (χ0) is 6.27. The molecule has 0 amide bonds. The molecule has 0 saturated carbocycles. The Hall–Kier alpha value is -0.570. The van der Waals surface area contributed by atoms with Gasteiger partial charge in [0.05, 0.1) is 0 Å². The first kappa shape index (κ1) is 5.23. The zero-order valence-corrected chi connectivity index (χ0v) is 5.09. The summed E-state index contributed by atoms with van der Waals surface area (Å²) in [6.45, 7) is 0.932. The van der Waals surface area contributed by atoms with E-state index < -0.39 is 0 Å². The van der Waals surface area contributed by atoms with Crippen LogP contribution in [-0.4, -0.2) is 24.7 Å². The highest BCUT2D eigenvalue weighted by atomic mass is 16.6. The predicted octanol–water partition coefficient (Wildman–Crippen LogP) is -0.336. The quantitative estimate of drug-likeness (QED) is 0.452. The van der Waals surface area contributed by atoms with E-state index in [1.807, 2.05) is 0 Å². The van der Waals surface area contributed by atoms with Gasteiger partial charge in [-0.1, -0.05) is 0 Å². The summed E-state index contributed by atoms with van der Waals surface area (Å²) in [4.78, 5) is 10.8. The molecule has 9 heavy (non-hydrogen) atoms. The minimum atomic E-state index is -0.0579. The Kier molecular flexibility index (Phi) is 0.990. The first-order valence-electron chi connectivity index (χ1n) is 3.30. The largest absolute Gasteiger partial charge is 0.461 e. The van der Waals surface area contributed by atoms with Crippen LogP contribution in [0.4, 0.5) is 0 Å². The lowest BCUT2D eigenvalue weighted by Crippen LogP contribution is -2.36. The van der Waals surface area contributed by atoms with Crippen molar-refractivity contribution in [3.63, 3.8) is 0 Å². The molecule has 2 atom stereocenters. The van der Waals surface area contributed by atoms with Crippen LogP contribution in [0.1, 0.15) is 12.8 Å². The van der Waals surface area contributed by atoms with Gasteiger partial charge in [0.2, 0.25) is 0 Å². The maximum Gasteiger partial charge on any atom is 0.323 e. The van der Waals surface area contributed by atoms with Gasteiger partial charge in [0, 0.05) is 6.42 Å². The Balaban J connectivity index is 2.15. The summed E-state index contributed by atoms with van der Waals surface area (Å²) < 4.78 is 4.98. The molecule has 0 aliphatic carbocycles. The van der Waals surface area contributed by atoms with Crippen molar-refractivity contribution in [2.24, 2.45) is 0 Å². The van der Waals surface area contributed by atoms with Crippen molar-refractivity contribution >= 4 is 5.97 Å². The fourth-order valence-electron chi connectivity index (χ4n) is 1.42. The normalized spacial score (nSPS) is 40.7. The third kappa shape index (κ3) is 0.721. The number of hydrogen-bond acceptors (Lipinski definition) is 3. The van der Waals surface area contributed by atoms with Gasteiger partial charge in [-0.2, -0.15) is 0 Å². The monoisotopic (exact) mass is 127 g/mol. The molecular formula is C6H9NO2. The third-order valence-electron chi connectivity index (χ3n) is 1.92. The molecule has 1 N–H and O–H groups in total. The van der Waals surface area contributed by atoms with Crippen LogP contribution < -0.4 is 5.32 Å². The Morgan fingerprint density at radius 1 is 1.67 bits per heavy atom. The first-order valence-corrected chi connectivity index (χ1v) is 3.30. The van der Waals surface area contributed by atoms with Crippen LogP contribution in [0.2, 0.25) is 0 Å². The number of esters is 1. The molecule has 50 valence electrons. The van der Waals surface area contributed by atoms with Crippen LogP contribution in [0.25, 0.3) is 0 Å². The minimum absolute atomic E-state index is 0.0174. The van der Waals surface area contributed by atoms with Crippen molar-refractivity contribution in [3.8, 4) is 0 Å². The van der Waals surface area contributed by atoms with Crippen molar-refractivity contribution < 1.29 is 9.53 Å². The average molecular weight is 127 g/mol. The van der Waals surface area contributed by atoms with E-state index in [2.05, 4.69) is 5.32 Å². The Labute approximate surface area is 53.4 Å². The summed E-state index contributed by atoms with van der Waals surface area (Å²) in [5, 5.41) is 3.09. The minimum Gasteiger partial charge on any atom is -0.461 e. The molecule has 2 aliphatic heterocycles. The van der Waals surface area contributed by atoms with Crippen LogP contribution in [-0.2, 0) is 9.53 Å². The van der Waals surface area contributed by atoms with E-state index in [0.717, 1.165) is 19.4 Å². The molecule has 2 aliphatic rings. The van der Waals surface area contributed by atoms with Gasteiger partial charge in [0.1, 0.15) is 12.1 Å². The van der Waals surface area contributed by atoms with Crippen LogP contribution >= 0.6 is 0 Å². The maximum absolute atomic E-state index is 10.8. The molecule has 2 rings (SSSR count). The van der Waals surface area contributed by atoms with Crippen molar-refractivity contribution in [2.45, 2.75) is 25.0 Å². The van der Waals surface area contributed by atoms with Crippen molar-refractivity contribution in [1.29, 1.82) is 0 Å². The van der Waals surface area contributed by atoms with Gasteiger partial charge in [-0.15, -0.1) is 0 Å². The number of rotatable bonds is 0. The van der Waals surface area contributed by atoms with Crippen LogP contribution in [0.15, 0.2) is 0 Å². The number of nitrogens with one attached hydrogen (secondary N) is 1. The van der Waals surface area contributed by atoms with E-state index in [4.69, 9.17) is 4.74 Å². The van der Waals surface area contributed by atoms with Gasteiger partial charge in [0.25, 0.3) is 0 Å². The van der Waals surface area contributed by atoms with Crippen LogP contribution in [0.5, 0.6) is 0 Å². The molecular weight excluding hydrogens is 118 g/mol. The number of ether oxygens (including phenoxy) is 1. The smallest absolute Gasteiger partial charge is 0.323 e. The summed E-state index contributed by atoms with van der Waals surface area (Å²) in [7, 11) is 0. The van der Waals surface area contributed by atoms with Crippen molar-refractivity contribution in [2.75, 3.05) is 6.54 Å². The Morgan fingerprint density at radius 2 is 2.56 bits per heavy atom. The summed E-state index contributed by atoms with van der Waals surface area (Å²) in [6.07, 6.45) is 2.10. The second-order valence-corrected chi connectivity index (χ2v) is 2.59. The lowest BCUT2D eigenvalue weighted by atomic mass is 10.1. The SMILES string of the molecule is O=C1O[C@H]2CCN[C@@H]1C2. The lowest BCUT2D eigenvalue weighted by molar-refractivity contribution is -0.141. The molecule has 0 radical (unpaired) electrons. The number of hydrogen-bond donors (Lipinski definition) is 1. The molecule has 3 nitrogen and oxygen atoms in total. The van der Waals surface area contributed by atoms with E-state index in [1.165, 1.54) is 0 Å². The number of piperidine rings is 1. The number of carbonyl (C=O) groups is 1. The van der Waals surface area contributed by atoms with Gasteiger partial charge in [-0.3, -0.25) is 4.79 Å².